The Morgan fingerprint density at radius 3 is 2.48 bits per heavy atom. The quantitative estimate of drug-likeness (QED) is 0.646. The van der Waals surface area contributed by atoms with Crippen LogP contribution in [-0.2, 0) is 6.54 Å². The number of hydrogen-bond donors (Lipinski definition) is 1. The number of anilines is 1. The number of nitrogen functional groups attached to an aromatic ring is 1. The summed E-state index contributed by atoms with van der Waals surface area (Å²) in [6.07, 6.45) is 0. The molecule has 1 aromatic heterocycles. The summed E-state index contributed by atoms with van der Waals surface area (Å²) in [5, 5.41) is 1.61. The Bertz CT molecular complexity index is 840. The molecule has 21 heavy (non-hydrogen) atoms. The summed E-state index contributed by atoms with van der Waals surface area (Å²) in [5.74, 6) is 0.672. The number of nitrogens with zero attached hydrogens (tertiary/aromatic N) is 2. The van der Waals surface area contributed by atoms with E-state index in [1.54, 1.807) is 12.1 Å². The number of halogens is 3. The van der Waals surface area contributed by atoms with E-state index in [1.165, 1.54) is 0 Å². The lowest BCUT2D eigenvalue weighted by Crippen LogP contribution is -2.01. The number of aryl methyl sites for hydroxylation is 1. The second-order valence-corrected chi connectivity index (χ2v) is 5.83. The molecule has 0 aliphatic heterocycles. The van der Waals surface area contributed by atoms with Crippen LogP contribution in [0.25, 0.3) is 22.4 Å². The SMILES string of the molecule is CCn1c(-c2c(Cl)ccc(Cl)c2N)nc2cccc(Cl)c21. The van der Waals surface area contributed by atoms with E-state index >= 15 is 0 Å². The molecule has 3 nitrogen and oxygen atoms in total. The maximum atomic E-state index is 6.31. The highest BCUT2D eigenvalue weighted by Crippen LogP contribution is 2.39. The Labute approximate surface area is 137 Å². The summed E-state index contributed by atoms with van der Waals surface area (Å²) in [4.78, 5) is 4.63. The Morgan fingerprint density at radius 2 is 1.76 bits per heavy atom. The lowest BCUT2D eigenvalue weighted by Gasteiger charge is -2.11. The standard InChI is InChI=1S/C15H12Cl3N3/c1-2-21-14-10(18)4-3-5-11(14)20-15(21)12-8(16)6-7-9(17)13(12)19/h3-7H,2,19H2,1H3. The van der Waals surface area contributed by atoms with Crippen LogP contribution in [0.2, 0.25) is 15.1 Å². The van der Waals surface area contributed by atoms with Crippen LogP contribution in [0.15, 0.2) is 30.3 Å². The molecule has 2 N–H and O–H groups in total. The summed E-state index contributed by atoms with van der Waals surface area (Å²) in [6.45, 7) is 2.71. The molecule has 1 heterocycles. The van der Waals surface area contributed by atoms with Gasteiger partial charge in [-0.15, -0.1) is 0 Å². The second-order valence-electron chi connectivity index (χ2n) is 4.61. The van der Waals surface area contributed by atoms with E-state index < -0.39 is 0 Å². The second kappa shape index (κ2) is 5.41. The summed E-state index contributed by atoms with van der Waals surface area (Å²) < 4.78 is 1.99. The van der Waals surface area contributed by atoms with E-state index in [9.17, 15) is 0 Å². The zero-order chi connectivity index (χ0) is 15.1. The first kappa shape index (κ1) is 14.5. The summed E-state index contributed by atoms with van der Waals surface area (Å²) in [5.41, 5.74) is 8.82. The normalized spacial score (nSPS) is 11.2. The molecule has 0 atom stereocenters. The van der Waals surface area contributed by atoms with Gasteiger partial charge in [0, 0.05) is 6.54 Å². The number of fused-ring (bicyclic) bond motifs is 1. The van der Waals surface area contributed by atoms with Gasteiger partial charge in [0.2, 0.25) is 0 Å². The molecular formula is C15H12Cl3N3. The summed E-state index contributed by atoms with van der Waals surface area (Å²) in [6, 6.07) is 9.01. The van der Waals surface area contributed by atoms with Gasteiger partial charge >= 0.3 is 0 Å². The zero-order valence-electron chi connectivity index (χ0n) is 11.2. The summed E-state index contributed by atoms with van der Waals surface area (Å²) >= 11 is 18.7. The van der Waals surface area contributed by atoms with E-state index in [0.717, 1.165) is 11.0 Å². The fourth-order valence-electron chi connectivity index (χ4n) is 2.44. The van der Waals surface area contributed by atoms with Crippen molar-refractivity contribution in [3.63, 3.8) is 0 Å². The Hall–Kier alpha value is -1.42. The first-order valence-electron chi connectivity index (χ1n) is 6.43. The highest BCUT2D eigenvalue weighted by molar-refractivity contribution is 6.38. The number of hydrogen-bond acceptors (Lipinski definition) is 2. The molecule has 0 unspecified atom stereocenters. The van der Waals surface area contributed by atoms with Crippen LogP contribution in [-0.4, -0.2) is 9.55 Å². The average molecular weight is 341 g/mol. The van der Waals surface area contributed by atoms with Crippen LogP contribution in [0.4, 0.5) is 5.69 Å². The van der Waals surface area contributed by atoms with Crippen LogP contribution in [0, 0.1) is 0 Å². The van der Waals surface area contributed by atoms with Crippen LogP contribution < -0.4 is 5.73 Å². The van der Waals surface area contributed by atoms with Crippen LogP contribution in [0.1, 0.15) is 6.92 Å². The molecule has 0 saturated heterocycles. The van der Waals surface area contributed by atoms with Gasteiger partial charge < -0.3 is 10.3 Å². The fraction of sp³-hybridized carbons (Fsp3) is 0.133. The van der Waals surface area contributed by atoms with Gasteiger partial charge in [0.25, 0.3) is 0 Å². The van der Waals surface area contributed by atoms with Gasteiger partial charge in [0.15, 0.2) is 0 Å². The molecule has 0 bridgehead atoms. The molecule has 0 radical (unpaired) electrons. The van der Waals surface area contributed by atoms with Crippen molar-refractivity contribution in [1.82, 2.24) is 9.55 Å². The molecular weight excluding hydrogens is 329 g/mol. The number of imidazole rings is 1. The lowest BCUT2D eigenvalue weighted by atomic mass is 10.1. The van der Waals surface area contributed by atoms with Crippen molar-refractivity contribution < 1.29 is 0 Å². The third-order valence-electron chi connectivity index (χ3n) is 3.40. The highest BCUT2D eigenvalue weighted by atomic mass is 35.5. The predicted octanol–water partition coefficient (Wildman–Crippen LogP) is 5.27. The number of nitrogens with two attached hydrogens (primary N) is 1. The molecule has 108 valence electrons. The molecule has 6 heteroatoms. The third-order valence-corrected chi connectivity index (χ3v) is 4.35. The van der Waals surface area contributed by atoms with Crippen LogP contribution >= 0.6 is 34.8 Å². The van der Waals surface area contributed by atoms with Gasteiger partial charge in [0.1, 0.15) is 5.82 Å². The molecule has 3 aromatic rings. The van der Waals surface area contributed by atoms with Gasteiger partial charge in [-0.3, -0.25) is 0 Å². The fourth-order valence-corrected chi connectivity index (χ4v) is 3.11. The Kier molecular flexibility index (Phi) is 3.74. The first-order chi connectivity index (χ1) is 10.0. The van der Waals surface area contributed by atoms with Gasteiger partial charge in [-0.1, -0.05) is 40.9 Å². The highest BCUT2D eigenvalue weighted by Gasteiger charge is 2.19. The molecule has 0 spiro atoms. The van der Waals surface area contributed by atoms with E-state index in [-0.39, 0.29) is 0 Å². The minimum atomic E-state index is 0.422. The van der Waals surface area contributed by atoms with Crippen molar-refractivity contribution in [2.24, 2.45) is 0 Å². The largest absolute Gasteiger partial charge is 0.397 e. The molecule has 0 saturated carbocycles. The maximum absolute atomic E-state index is 6.31. The molecule has 2 aromatic carbocycles. The van der Waals surface area contributed by atoms with Crippen LogP contribution in [0.3, 0.4) is 0 Å². The van der Waals surface area contributed by atoms with Crippen molar-refractivity contribution in [3.8, 4) is 11.4 Å². The first-order valence-corrected chi connectivity index (χ1v) is 7.56. The Balaban J connectivity index is 2.42. The van der Waals surface area contributed by atoms with Gasteiger partial charge in [0.05, 0.1) is 37.4 Å². The van der Waals surface area contributed by atoms with E-state index in [2.05, 4.69) is 4.98 Å². The number of para-hydroxylation sites is 1. The Morgan fingerprint density at radius 1 is 1.05 bits per heavy atom. The smallest absolute Gasteiger partial charge is 0.144 e. The molecule has 0 amide bonds. The number of rotatable bonds is 2. The van der Waals surface area contributed by atoms with Crippen molar-refractivity contribution in [2.75, 3.05) is 5.73 Å². The topological polar surface area (TPSA) is 43.8 Å². The van der Waals surface area contributed by atoms with Crippen molar-refractivity contribution >= 4 is 51.5 Å². The van der Waals surface area contributed by atoms with E-state index in [0.29, 0.717) is 38.7 Å². The van der Waals surface area contributed by atoms with E-state index in [1.807, 2.05) is 29.7 Å². The van der Waals surface area contributed by atoms with Crippen molar-refractivity contribution in [3.05, 3.63) is 45.4 Å². The lowest BCUT2D eigenvalue weighted by molar-refractivity contribution is 0.797. The zero-order valence-corrected chi connectivity index (χ0v) is 13.5. The predicted molar refractivity (Wildman–Crippen MR) is 90.3 cm³/mol. The molecule has 0 aliphatic rings. The van der Waals surface area contributed by atoms with E-state index in [4.69, 9.17) is 40.5 Å². The van der Waals surface area contributed by atoms with Crippen LogP contribution in [0.5, 0.6) is 0 Å². The summed E-state index contributed by atoms with van der Waals surface area (Å²) in [7, 11) is 0. The molecule has 0 fully saturated rings. The minimum Gasteiger partial charge on any atom is -0.397 e. The van der Waals surface area contributed by atoms with Gasteiger partial charge in [-0.2, -0.15) is 0 Å². The molecule has 3 rings (SSSR count). The third kappa shape index (κ3) is 2.26. The average Bonchev–Trinajstić information content (AvgIpc) is 2.83. The number of aromatic nitrogens is 2. The van der Waals surface area contributed by atoms with Crippen molar-refractivity contribution in [1.29, 1.82) is 0 Å². The maximum Gasteiger partial charge on any atom is 0.144 e. The monoisotopic (exact) mass is 339 g/mol. The van der Waals surface area contributed by atoms with Gasteiger partial charge in [-0.25, -0.2) is 4.98 Å². The van der Waals surface area contributed by atoms with Crippen molar-refractivity contribution in [2.45, 2.75) is 13.5 Å². The minimum absolute atomic E-state index is 0.422. The van der Waals surface area contributed by atoms with Gasteiger partial charge in [-0.05, 0) is 31.2 Å². The number of benzene rings is 2. The molecule has 0 aliphatic carbocycles.